The maximum absolute atomic E-state index is 6.26. The lowest BCUT2D eigenvalue weighted by molar-refractivity contribution is 0.418. The number of imidazole rings is 1. The molecule has 3 N–H and O–H groups in total. The molecule has 0 bridgehead atoms. The Kier molecular flexibility index (Phi) is 4.78. The topological polar surface area (TPSA) is 107 Å². The molecule has 28 heavy (non-hydrogen) atoms. The molecule has 0 aliphatic rings. The zero-order valence-electron chi connectivity index (χ0n) is 15.1. The number of anilines is 1. The number of aromatic amines is 1. The van der Waals surface area contributed by atoms with E-state index in [0.717, 1.165) is 5.56 Å². The van der Waals surface area contributed by atoms with Gasteiger partial charge in [0.05, 0.1) is 15.6 Å². The standard InChI is InChI=1S/C19H16Cl2N6O/c1-9(2)17-26-19(28-27-17)13-7-6-10(8-23-13)15-16(22)25-18(24-15)14-11(20)4-3-5-12(14)21/h3-9H,22H2,1-2H3,(H,24,25). The highest BCUT2D eigenvalue weighted by Gasteiger charge is 2.17. The fourth-order valence-electron chi connectivity index (χ4n) is 2.68. The highest BCUT2D eigenvalue weighted by atomic mass is 35.5. The van der Waals surface area contributed by atoms with Crippen molar-refractivity contribution in [3.8, 4) is 34.2 Å². The number of hydrogen-bond acceptors (Lipinski definition) is 6. The van der Waals surface area contributed by atoms with Crippen molar-refractivity contribution in [2.75, 3.05) is 5.73 Å². The van der Waals surface area contributed by atoms with E-state index in [1.54, 1.807) is 30.5 Å². The summed E-state index contributed by atoms with van der Waals surface area (Å²) in [6, 6.07) is 8.88. The fraction of sp³-hybridized carbons (Fsp3) is 0.158. The summed E-state index contributed by atoms with van der Waals surface area (Å²) in [6.45, 7) is 3.99. The Hall–Kier alpha value is -2.90. The zero-order chi connectivity index (χ0) is 19.8. The summed E-state index contributed by atoms with van der Waals surface area (Å²) in [7, 11) is 0. The third kappa shape index (κ3) is 3.34. The van der Waals surface area contributed by atoms with Crippen LogP contribution >= 0.6 is 23.2 Å². The number of halogens is 2. The first-order valence-corrected chi connectivity index (χ1v) is 9.30. The van der Waals surface area contributed by atoms with Gasteiger partial charge in [0.1, 0.15) is 23.0 Å². The van der Waals surface area contributed by atoms with Crippen LogP contribution in [0.5, 0.6) is 0 Å². The van der Waals surface area contributed by atoms with Gasteiger partial charge in [-0.1, -0.05) is 48.3 Å². The SMILES string of the molecule is CC(C)c1noc(-c2ccc(-c3nc(-c4c(Cl)cccc4Cl)[nH]c3N)cn2)n1. The molecule has 0 atom stereocenters. The number of aromatic nitrogens is 5. The number of hydrogen-bond donors (Lipinski definition) is 2. The summed E-state index contributed by atoms with van der Waals surface area (Å²) in [6.07, 6.45) is 1.65. The van der Waals surface area contributed by atoms with Gasteiger partial charge in [0, 0.05) is 17.7 Å². The Morgan fingerprint density at radius 3 is 2.43 bits per heavy atom. The zero-order valence-corrected chi connectivity index (χ0v) is 16.6. The second-order valence-electron chi connectivity index (χ2n) is 6.49. The Labute approximate surface area is 170 Å². The quantitative estimate of drug-likeness (QED) is 0.474. The molecule has 142 valence electrons. The molecule has 3 aromatic heterocycles. The predicted octanol–water partition coefficient (Wildman–Crippen LogP) is 5.20. The fourth-order valence-corrected chi connectivity index (χ4v) is 3.26. The predicted molar refractivity (Wildman–Crippen MR) is 109 cm³/mol. The molecule has 4 rings (SSSR count). The van der Waals surface area contributed by atoms with Crippen LogP contribution in [0.1, 0.15) is 25.6 Å². The molecule has 9 heteroatoms. The number of nitrogens with one attached hydrogen (secondary N) is 1. The molecule has 1 aromatic carbocycles. The number of nitrogen functional groups attached to an aromatic ring is 1. The molecule has 0 spiro atoms. The normalized spacial score (nSPS) is 11.3. The second kappa shape index (κ2) is 7.26. The molecule has 0 aliphatic carbocycles. The second-order valence-corrected chi connectivity index (χ2v) is 7.30. The molecule has 0 unspecified atom stereocenters. The van der Waals surface area contributed by atoms with Crippen LogP contribution in [0.25, 0.3) is 34.2 Å². The van der Waals surface area contributed by atoms with E-state index in [-0.39, 0.29) is 5.92 Å². The minimum Gasteiger partial charge on any atom is -0.383 e. The first-order chi connectivity index (χ1) is 13.4. The summed E-state index contributed by atoms with van der Waals surface area (Å²) in [5.74, 6) is 2.06. The van der Waals surface area contributed by atoms with Crippen molar-refractivity contribution in [1.29, 1.82) is 0 Å². The van der Waals surface area contributed by atoms with Crippen LogP contribution in [0, 0.1) is 0 Å². The van der Waals surface area contributed by atoms with E-state index in [9.17, 15) is 0 Å². The van der Waals surface area contributed by atoms with Crippen LogP contribution < -0.4 is 5.73 Å². The number of nitrogens with zero attached hydrogens (tertiary/aromatic N) is 4. The summed E-state index contributed by atoms with van der Waals surface area (Å²) in [5.41, 5.74) is 8.58. The van der Waals surface area contributed by atoms with Crippen molar-refractivity contribution in [2.24, 2.45) is 0 Å². The number of nitrogens with two attached hydrogens (primary N) is 1. The summed E-state index contributed by atoms with van der Waals surface area (Å²) >= 11 is 12.5. The van der Waals surface area contributed by atoms with Gasteiger partial charge in [0.25, 0.3) is 5.89 Å². The van der Waals surface area contributed by atoms with Crippen LogP contribution in [0.3, 0.4) is 0 Å². The van der Waals surface area contributed by atoms with E-state index in [0.29, 0.717) is 50.4 Å². The minimum atomic E-state index is 0.177. The van der Waals surface area contributed by atoms with Gasteiger partial charge in [-0.15, -0.1) is 0 Å². The van der Waals surface area contributed by atoms with Gasteiger partial charge < -0.3 is 15.2 Å². The lowest BCUT2D eigenvalue weighted by atomic mass is 10.2. The monoisotopic (exact) mass is 414 g/mol. The summed E-state index contributed by atoms with van der Waals surface area (Å²) < 4.78 is 5.27. The van der Waals surface area contributed by atoms with Crippen molar-refractivity contribution < 1.29 is 4.52 Å². The molecule has 0 aliphatic heterocycles. The van der Waals surface area contributed by atoms with Gasteiger partial charge in [0.2, 0.25) is 0 Å². The van der Waals surface area contributed by atoms with E-state index >= 15 is 0 Å². The number of rotatable bonds is 4. The van der Waals surface area contributed by atoms with Gasteiger partial charge >= 0.3 is 0 Å². The first-order valence-electron chi connectivity index (χ1n) is 8.54. The smallest absolute Gasteiger partial charge is 0.276 e. The van der Waals surface area contributed by atoms with E-state index in [4.69, 9.17) is 33.5 Å². The van der Waals surface area contributed by atoms with Crippen molar-refractivity contribution in [1.82, 2.24) is 25.1 Å². The van der Waals surface area contributed by atoms with Crippen LogP contribution in [-0.4, -0.2) is 25.1 Å². The molecular weight excluding hydrogens is 399 g/mol. The molecule has 0 saturated carbocycles. The van der Waals surface area contributed by atoms with Gasteiger partial charge in [-0.3, -0.25) is 4.98 Å². The molecule has 0 saturated heterocycles. The van der Waals surface area contributed by atoms with Crippen molar-refractivity contribution >= 4 is 29.0 Å². The lowest BCUT2D eigenvalue weighted by Crippen LogP contribution is -1.91. The third-order valence-corrected chi connectivity index (χ3v) is 4.78. The third-order valence-electron chi connectivity index (χ3n) is 4.15. The van der Waals surface area contributed by atoms with Gasteiger partial charge in [-0.2, -0.15) is 4.98 Å². The van der Waals surface area contributed by atoms with E-state index in [1.165, 1.54) is 0 Å². The molecule has 4 aromatic rings. The minimum absolute atomic E-state index is 0.177. The Morgan fingerprint density at radius 2 is 1.82 bits per heavy atom. The highest BCUT2D eigenvalue weighted by molar-refractivity contribution is 6.39. The molecular formula is C19H16Cl2N6O. The average Bonchev–Trinajstić information content (AvgIpc) is 3.29. The first kappa shape index (κ1) is 18.5. The number of benzene rings is 1. The summed E-state index contributed by atoms with van der Waals surface area (Å²) in [5, 5.41) is 4.92. The van der Waals surface area contributed by atoms with E-state index in [2.05, 4.69) is 25.1 Å². The summed E-state index contributed by atoms with van der Waals surface area (Å²) in [4.78, 5) is 16.3. The number of pyridine rings is 1. The van der Waals surface area contributed by atoms with E-state index < -0.39 is 0 Å². The largest absolute Gasteiger partial charge is 0.383 e. The van der Waals surface area contributed by atoms with E-state index in [1.807, 2.05) is 19.9 Å². The molecule has 7 nitrogen and oxygen atoms in total. The Morgan fingerprint density at radius 1 is 1.07 bits per heavy atom. The van der Waals surface area contributed by atoms with Gasteiger partial charge in [-0.05, 0) is 24.3 Å². The lowest BCUT2D eigenvalue weighted by Gasteiger charge is -2.02. The van der Waals surface area contributed by atoms with Crippen molar-refractivity contribution in [3.63, 3.8) is 0 Å². The van der Waals surface area contributed by atoms with Gasteiger partial charge in [-0.25, -0.2) is 4.98 Å². The van der Waals surface area contributed by atoms with Crippen molar-refractivity contribution in [2.45, 2.75) is 19.8 Å². The Bertz CT molecular complexity index is 1110. The molecule has 0 fully saturated rings. The Balaban J connectivity index is 1.67. The molecule has 0 radical (unpaired) electrons. The molecule has 0 amide bonds. The molecule has 3 heterocycles. The average molecular weight is 415 g/mol. The number of H-pyrrole nitrogens is 1. The van der Waals surface area contributed by atoms with Crippen LogP contribution in [-0.2, 0) is 0 Å². The van der Waals surface area contributed by atoms with Gasteiger partial charge in [0.15, 0.2) is 5.82 Å². The van der Waals surface area contributed by atoms with Crippen LogP contribution in [0.4, 0.5) is 5.82 Å². The van der Waals surface area contributed by atoms with Crippen LogP contribution in [0.15, 0.2) is 41.1 Å². The van der Waals surface area contributed by atoms with Crippen LogP contribution in [0.2, 0.25) is 10.0 Å². The van der Waals surface area contributed by atoms with Crippen molar-refractivity contribution in [3.05, 3.63) is 52.4 Å². The highest BCUT2D eigenvalue weighted by Crippen LogP contribution is 2.35. The maximum atomic E-state index is 6.26. The maximum Gasteiger partial charge on any atom is 0.276 e.